The van der Waals surface area contributed by atoms with Gasteiger partial charge in [0.2, 0.25) is 18.0 Å². The van der Waals surface area contributed by atoms with Crippen LogP contribution in [0.4, 0.5) is 5.69 Å². The minimum atomic E-state index is -2.40. The third-order valence-electron chi connectivity index (χ3n) is 11.5. The number of allylic oxidation sites excluding steroid dienone is 1. The summed E-state index contributed by atoms with van der Waals surface area (Å²) in [6.45, 7) is 28.4. The summed E-state index contributed by atoms with van der Waals surface area (Å²) in [6.07, 6.45) is 3.28. The molecule has 10 nitrogen and oxygen atoms in total. The van der Waals surface area contributed by atoms with Crippen LogP contribution in [0.25, 0.3) is 0 Å². The van der Waals surface area contributed by atoms with Crippen molar-refractivity contribution >= 4 is 75.6 Å². The number of benzene rings is 1. The second-order valence-electron chi connectivity index (χ2n) is 17.4. The first-order valence-electron chi connectivity index (χ1n) is 19.9. The van der Waals surface area contributed by atoms with Crippen molar-refractivity contribution in [3.8, 4) is 11.5 Å². The molecule has 1 aromatic carbocycles. The Kier molecular flexibility index (Phi) is 22.1. The molecule has 0 aliphatic rings. The van der Waals surface area contributed by atoms with Crippen LogP contribution in [0.5, 0.6) is 11.5 Å². The highest BCUT2D eigenvalue weighted by molar-refractivity contribution is 6.77. The van der Waals surface area contributed by atoms with Gasteiger partial charge in [-0.05, 0) is 66.2 Å². The van der Waals surface area contributed by atoms with Crippen molar-refractivity contribution < 1.29 is 42.2 Å². The number of carbonyl (C=O) groups excluding carboxylic acids is 3. The molecular weight excluding hydrogens is 825 g/mol. The highest BCUT2D eigenvalue weighted by Gasteiger charge is 2.49. The van der Waals surface area contributed by atoms with E-state index in [1.807, 2.05) is 6.07 Å². The minimum absolute atomic E-state index is 0.0365. The maximum Gasteiger partial charge on any atom is 0.232 e. The Bertz CT molecular complexity index is 1440. The van der Waals surface area contributed by atoms with Crippen LogP contribution in [-0.2, 0) is 39.1 Å². The predicted molar refractivity (Wildman–Crippen MR) is 240 cm³/mol. The van der Waals surface area contributed by atoms with Gasteiger partial charge in [-0.1, -0.05) is 110 Å². The Hall–Kier alpha value is -1.49. The molecule has 0 fully saturated rings. The van der Waals surface area contributed by atoms with Gasteiger partial charge in [0, 0.05) is 31.1 Å². The van der Waals surface area contributed by atoms with Crippen molar-refractivity contribution in [3.63, 3.8) is 0 Å². The predicted octanol–water partition coefficient (Wildman–Crippen LogP) is 11.0. The molecule has 57 heavy (non-hydrogen) atoms. The van der Waals surface area contributed by atoms with Crippen molar-refractivity contribution in [3.05, 3.63) is 29.3 Å². The smallest absolute Gasteiger partial charge is 0.232 e. The van der Waals surface area contributed by atoms with E-state index < -0.39 is 32.4 Å². The summed E-state index contributed by atoms with van der Waals surface area (Å²) in [7, 11) is -0.223. The summed E-state index contributed by atoms with van der Waals surface area (Å²) >= 11 is 17.8. The lowest BCUT2D eigenvalue weighted by Gasteiger charge is -2.48. The van der Waals surface area contributed by atoms with Crippen molar-refractivity contribution in [1.29, 1.82) is 0 Å². The lowest BCUT2D eigenvalue weighted by atomic mass is 9.91. The SMILES string of the molecule is COc1cc(CCC=C(C)[C@H](O[Si](C(C)C)(C(C)C)C(C)C)[C@@H](C)[C@H](CC=O)O[Si](C)(C)C(C)(C)C)c(OC)c(N(COCC(Cl)(Cl)Cl)C(=O)C[C@H](C=O)OC)c1. The molecule has 0 saturated carbocycles. The largest absolute Gasteiger partial charge is 0.497 e. The summed E-state index contributed by atoms with van der Waals surface area (Å²) in [5.74, 6) is 0.318. The number of hydrogen-bond acceptors (Lipinski definition) is 9. The molecule has 1 aromatic rings. The molecule has 15 heteroatoms. The van der Waals surface area contributed by atoms with E-state index in [1.165, 1.54) is 26.2 Å². The van der Waals surface area contributed by atoms with Crippen molar-refractivity contribution in [2.24, 2.45) is 5.92 Å². The van der Waals surface area contributed by atoms with E-state index in [9.17, 15) is 14.4 Å². The van der Waals surface area contributed by atoms with E-state index in [4.69, 9.17) is 62.6 Å². The second-order valence-corrected chi connectivity index (χ2v) is 30.1. The third kappa shape index (κ3) is 15.2. The molecule has 0 saturated heterocycles. The second kappa shape index (κ2) is 23.5. The fourth-order valence-corrected chi connectivity index (χ4v) is 14.7. The van der Waals surface area contributed by atoms with Gasteiger partial charge in [0.05, 0.1) is 45.1 Å². The van der Waals surface area contributed by atoms with Gasteiger partial charge in [0.1, 0.15) is 36.9 Å². The molecule has 0 aromatic heterocycles. The molecule has 0 radical (unpaired) electrons. The number of methoxy groups -OCH3 is 3. The molecule has 0 unspecified atom stereocenters. The average molecular weight is 898 g/mol. The molecule has 0 spiro atoms. The monoisotopic (exact) mass is 895 g/mol. The zero-order chi connectivity index (χ0) is 44.1. The summed E-state index contributed by atoms with van der Waals surface area (Å²) in [6, 6.07) is 3.54. The molecular formula is C42H72Cl3NO9Si2. The van der Waals surface area contributed by atoms with Crippen LogP contribution >= 0.6 is 34.8 Å². The third-order valence-corrected chi connectivity index (χ3v) is 22.4. The van der Waals surface area contributed by atoms with Gasteiger partial charge in [-0.2, -0.15) is 0 Å². The standard InChI is InChI=1S/C42H72Cl3NO9Si2/c1-28(2)57(29(3)4,30(5)6)55-39(32(8)37(20-21-47)54-56(15,16)41(9,10)11)31(7)18-17-19-33-22-34(50-12)23-36(40(33)52-14)46(27-53-26-42(43,44)45)38(49)24-35(25-48)51-13/h18,21-23,25,28-30,32,35,37,39H,17,19-20,24,26-27H2,1-16H3/t32-,35+,37-,39-/m0/s1. The van der Waals surface area contributed by atoms with Crippen LogP contribution in [0.2, 0.25) is 34.8 Å². The maximum absolute atomic E-state index is 13.7. The zero-order valence-corrected chi connectivity index (χ0v) is 41.7. The number of nitrogens with zero attached hydrogens (tertiary/aromatic N) is 1. The van der Waals surface area contributed by atoms with Crippen LogP contribution in [0.15, 0.2) is 23.8 Å². The van der Waals surface area contributed by atoms with E-state index in [0.717, 1.165) is 17.4 Å². The number of carbonyl (C=O) groups is 3. The fraction of sp³-hybridized carbons (Fsp3) is 0.738. The van der Waals surface area contributed by atoms with Gasteiger partial charge in [-0.3, -0.25) is 9.69 Å². The van der Waals surface area contributed by atoms with Crippen molar-refractivity contribution in [2.45, 2.75) is 159 Å². The van der Waals surface area contributed by atoms with E-state index in [1.54, 1.807) is 6.07 Å². The van der Waals surface area contributed by atoms with Crippen LogP contribution in [0, 0.1) is 5.92 Å². The first kappa shape index (κ1) is 53.5. The summed E-state index contributed by atoms with van der Waals surface area (Å²) < 4.78 is 35.3. The first-order chi connectivity index (χ1) is 26.3. The van der Waals surface area contributed by atoms with Gasteiger partial charge < -0.3 is 37.4 Å². The topological polar surface area (TPSA) is 110 Å². The maximum atomic E-state index is 13.7. The number of rotatable bonds is 25. The number of aryl methyl sites for hydroxylation is 1. The van der Waals surface area contributed by atoms with Crippen LogP contribution < -0.4 is 14.4 Å². The van der Waals surface area contributed by atoms with E-state index >= 15 is 0 Å². The average Bonchev–Trinajstić information content (AvgIpc) is 3.10. The summed E-state index contributed by atoms with van der Waals surface area (Å²) in [4.78, 5) is 38.8. The van der Waals surface area contributed by atoms with Crippen molar-refractivity contribution in [2.75, 3.05) is 39.6 Å². The summed E-state index contributed by atoms with van der Waals surface area (Å²) in [5.41, 5.74) is 3.24. The molecule has 0 aliphatic heterocycles. The number of halogens is 3. The molecule has 0 bridgehead atoms. The Morgan fingerprint density at radius 1 is 0.895 bits per heavy atom. The molecule has 0 aliphatic carbocycles. The van der Waals surface area contributed by atoms with Crippen LogP contribution in [0.1, 0.15) is 101 Å². The first-order valence-corrected chi connectivity index (χ1v) is 26.1. The molecule has 328 valence electrons. The molecule has 4 atom stereocenters. The highest BCUT2D eigenvalue weighted by atomic mass is 35.6. The molecule has 1 rings (SSSR count). The fourth-order valence-electron chi connectivity index (χ4n) is 7.41. The van der Waals surface area contributed by atoms with E-state index in [2.05, 4.69) is 95.3 Å². The Balaban J connectivity index is 3.86. The minimum Gasteiger partial charge on any atom is -0.497 e. The molecule has 0 N–H and O–H groups in total. The van der Waals surface area contributed by atoms with Crippen LogP contribution in [-0.4, -0.2) is 91.9 Å². The Labute approximate surface area is 361 Å². The summed E-state index contributed by atoms with van der Waals surface area (Å²) in [5, 5.41) is -0.0365. The van der Waals surface area contributed by atoms with E-state index in [0.29, 0.717) is 52.9 Å². The number of ether oxygens (including phenoxy) is 4. The van der Waals surface area contributed by atoms with Gasteiger partial charge >= 0.3 is 0 Å². The Morgan fingerprint density at radius 2 is 1.47 bits per heavy atom. The van der Waals surface area contributed by atoms with Gasteiger partial charge in [-0.15, -0.1) is 0 Å². The zero-order valence-electron chi connectivity index (χ0n) is 37.4. The van der Waals surface area contributed by atoms with E-state index in [-0.39, 0.29) is 49.3 Å². The Morgan fingerprint density at radius 3 is 1.91 bits per heavy atom. The number of amides is 1. The highest BCUT2D eigenvalue weighted by Crippen LogP contribution is 2.46. The van der Waals surface area contributed by atoms with Gasteiger partial charge in [-0.25, -0.2) is 0 Å². The molecule has 1 amide bonds. The number of anilines is 1. The number of alkyl halides is 3. The van der Waals surface area contributed by atoms with Crippen LogP contribution in [0.3, 0.4) is 0 Å². The lowest BCUT2D eigenvalue weighted by Crippen LogP contribution is -2.54. The normalized spacial score (nSPS) is 15.4. The van der Waals surface area contributed by atoms with Gasteiger partial charge in [0.25, 0.3) is 0 Å². The lowest BCUT2D eigenvalue weighted by molar-refractivity contribution is -0.127. The quantitative estimate of drug-likeness (QED) is 0.0311. The molecule has 0 heterocycles. The van der Waals surface area contributed by atoms with Crippen molar-refractivity contribution in [1.82, 2.24) is 0 Å². The number of aldehydes is 2. The van der Waals surface area contributed by atoms with Gasteiger partial charge in [0.15, 0.2) is 8.32 Å². The number of hydrogen-bond donors (Lipinski definition) is 0.